The highest BCUT2D eigenvalue weighted by Crippen LogP contribution is 2.26. The van der Waals surface area contributed by atoms with Crippen molar-refractivity contribution >= 4 is 11.8 Å². The van der Waals surface area contributed by atoms with Gasteiger partial charge in [-0.15, -0.1) is 10.2 Å². The average Bonchev–Trinajstić information content (AvgIpc) is 3.10. The van der Waals surface area contributed by atoms with Gasteiger partial charge in [0.1, 0.15) is 5.76 Å². The SMILES string of the molecule is Cc1noc(CSc2nnc(-c3ccoc3C)n2N)n1. The Morgan fingerprint density at radius 3 is 2.85 bits per heavy atom. The van der Waals surface area contributed by atoms with Crippen LogP contribution in [0.15, 0.2) is 26.4 Å². The number of aromatic nitrogens is 5. The van der Waals surface area contributed by atoms with Gasteiger partial charge in [-0.1, -0.05) is 16.9 Å². The van der Waals surface area contributed by atoms with Crippen molar-refractivity contribution in [3.8, 4) is 11.4 Å². The second-order valence-electron chi connectivity index (χ2n) is 4.09. The van der Waals surface area contributed by atoms with Crippen molar-refractivity contribution in [3.63, 3.8) is 0 Å². The van der Waals surface area contributed by atoms with E-state index >= 15 is 0 Å². The van der Waals surface area contributed by atoms with Crippen LogP contribution in [-0.4, -0.2) is 25.0 Å². The number of nitrogens with two attached hydrogens (primary N) is 1. The minimum absolute atomic E-state index is 0.487. The van der Waals surface area contributed by atoms with Crippen LogP contribution in [0.3, 0.4) is 0 Å². The van der Waals surface area contributed by atoms with E-state index in [1.165, 1.54) is 16.4 Å². The second-order valence-corrected chi connectivity index (χ2v) is 5.03. The number of nitrogen functional groups attached to an aromatic ring is 1. The van der Waals surface area contributed by atoms with Crippen LogP contribution in [0.4, 0.5) is 0 Å². The molecule has 2 N–H and O–H groups in total. The number of furan rings is 1. The normalized spacial score (nSPS) is 11.1. The van der Waals surface area contributed by atoms with Gasteiger partial charge in [-0.25, -0.2) is 4.68 Å². The van der Waals surface area contributed by atoms with E-state index in [2.05, 4.69) is 20.3 Å². The molecular formula is C11H12N6O2S. The van der Waals surface area contributed by atoms with E-state index in [0.717, 1.165) is 11.3 Å². The molecule has 20 heavy (non-hydrogen) atoms. The first-order valence-corrected chi connectivity index (χ1v) is 6.80. The summed E-state index contributed by atoms with van der Waals surface area (Å²) >= 11 is 1.37. The summed E-state index contributed by atoms with van der Waals surface area (Å²) in [5.74, 6) is 8.91. The summed E-state index contributed by atoms with van der Waals surface area (Å²) in [4.78, 5) is 4.11. The molecule has 0 unspecified atom stereocenters. The van der Waals surface area contributed by atoms with Crippen molar-refractivity contribution in [1.82, 2.24) is 25.0 Å². The lowest BCUT2D eigenvalue weighted by Gasteiger charge is -2.01. The smallest absolute Gasteiger partial charge is 0.237 e. The molecule has 0 spiro atoms. The topological polar surface area (TPSA) is 109 Å². The molecule has 3 aromatic rings. The van der Waals surface area contributed by atoms with Crippen molar-refractivity contribution < 1.29 is 8.94 Å². The molecule has 0 aliphatic carbocycles. The van der Waals surface area contributed by atoms with Gasteiger partial charge in [0, 0.05) is 0 Å². The van der Waals surface area contributed by atoms with Crippen LogP contribution < -0.4 is 5.84 Å². The van der Waals surface area contributed by atoms with Crippen LogP contribution in [-0.2, 0) is 5.75 Å². The van der Waals surface area contributed by atoms with Gasteiger partial charge < -0.3 is 14.8 Å². The number of aryl methyl sites for hydroxylation is 2. The van der Waals surface area contributed by atoms with Crippen LogP contribution in [0.1, 0.15) is 17.5 Å². The minimum Gasteiger partial charge on any atom is -0.469 e. The maximum atomic E-state index is 6.00. The molecule has 3 aromatic heterocycles. The van der Waals surface area contributed by atoms with E-state index in [1.807, 2.05) is 6.92 Å². The summed E-state index contributed by atoms with van der Waals surface area (Å²) in [6.07, 6.45) is 1.59. The average molecular weight is 292 g/mol. The van der Waals surface area contributed by atoms with Gasteiger partial charge in [-0.2, -0.15) is 4.98 Å². The zero-order valence-electron chi connectivity index (χ0n) is 10.9. The molecule has 0 saturated carbocycles. The Bertz CT molecular complexity index is 731. The van der Waals surface area contributed by atoms with Gasteiger partial charge >= 0.3 is 0 Å². The van der Waals surface area contributed by atoms with Gasteiger partial charge in [-0.3, -0.25) is 0 Å². The lowest BCUT2D eigenvalue weighted by Crippen LogP contribution is -2.11. The Morgan fingerprint density at radius 2 is 2.20 bits per heavy atom. The van der Waals surface area contributed by atoms with E-state index in [0.29, 0.717) is 28.4 Å². The van der Waals surface area contributed by atoms with Crippen molar-refractivity contribution in [3.05, 3.63) is 29.8 Å². The number of hydrogen-bond acceptors (Lipinski definition) is 8. The molecule has 0 fully saturated rings. The Kier molecular flexibility index (Phi) is 3.18. The number of hydrogen-bond donors (Lipinski definition) is 1. The Hall–Kier alpha value is -2.29. The van der Waals surface area contributed by atoms with Crippen molar-refractivity contribution in [2.75, 3.05) is 5.84 Å². The maximum Gasteiger partial charge on any atom is 0.237 e. The van der Waals surface area contributed by atoms with Crippen LogP contribution in [0.25, 0.3) is 11.4 Å². The van der Waals surface area contributed by atoms with Gasteiger partial charge in [0.05, 0.1) is 17.6 Å². The zero-order chi connectivity index (χ0) is 14.1. The van der Waals surface area contributed by atoms with Gasteiger partial charge in [0.25, 0.3) is 0 Å². The highest BCUT2D eigenvalue weighted by Gasteiger charge is 2.16. The molecule has 0 aliphatic rings. The molecule has 9 heteroatoms. The monoisotopic (exact) mass is 292 g/mol. The third-order valence-corrected chi connectivity index (χ3v) is 3.59. The maximum absolute atomic E-state index is 6.00. The van der Waals surface area contributed by atoms with Crippen LogP contribution in [0.5, 0.6) is 0 Å². The van der Waals surface area contributed by atoms with Crippen LogP contribution in [0, 0.1) is 13.8 Å². The zero-order valence-corrected chi connectivity index (χ0v) is 11.7. The van der Waals surface area contributed by atoms with E-state index in [4.69, 9.17) is 14.8 Å². The summed E-state index contributed by atoms with van der Waals surface area (Å²) in [5.41, 5.74) is 0.820. The Morgan fingerprint density at radius 1 is 1.35 bits per heavy atom. The van der Waals surface area contributed by atoms with Crippen LogP contribution in [0.2, 0.25) is 0 Å². The van der Waals surface area contributed by atoms with E-state index in [9.17, 15) is 0 Å². The first kappa shape index (κ1) is 12.7. The third-order valence-electron chi connectivity index (χ3n) is 2.66. The summed E-state index contributed by atoms with van der Waals surface area (Å²) in [5, 5.41) is 12.4. The predicted octanol–water partition coefficient (Wildman–Crippen LogP) is 1.54. The van der Waals surface area contributed by atoms with Crippen molar-refractivity contribution in [2.24, 2.45) is 0 Å². The standard InChI is InChI=1S/C11H12N6O2S/c1-6-8(3-4-18-6)10-14-15-11(17(10)12)20-5-9-13-7(2)16-19-9/h3-4H,5,12H2,1-2H3. The van der Waals surface area contributed by atoms with Gasteiger partial charge in [0.15, 0.2) is 11.6 Å². The molecule has 0 atom stereocenters. The molecule has 104 valence electrons. The second kappa shape index (κ2) is 5.00. The fourth-order valence-corrected chi connectivity index (χ4v) is 2.39. The Labute approximate surface area is 118 Å². The molecule has 0 aromatic carbocycles. The number of rotatable bonds is 4. The molecule has 3 rings (SSSR count). The lowest BCUT2D eigenvalue weighted by molar-refractivity contribution is 0.387. The molecule has 0 amide bonds. The van der Waals surface area contributed by atoms with E-state index in [-0.39, 0.29) is 0 Å². The summed E-state index contributed by atoms with van der Waals surface area (Å²) in [7, 11) is 0. The third kappa shape index (κ3) is 2.27. The largest absolute Gasteiger partial charge is 0.469 e. The lowest BCUT2D eigenvalue weighted by atomic mass is 10.2. The quantitative estimate of drug-likeness (QED) is 0.569. The molecule has 0 radical (unpaired) electrons. The summed E-state index contributed by atoms with van der Waals surface area (Å²) < 4.78 is 11.7. The molecule has 0 bridgehead atoms. The molecule has 0 saturated heterocycles. The summed E-state index contributed by atoms with van der Waals surface area (Å²) in [6, 6.07) is 1.80. The number of thioether (sulfide) groups is 1. The first-order valence-electron chi connectivity index (χ1n) is 5.82. The van der Waals surface area contributed by atoms with Crippen molar-refractivity contribution in [1.29, 1.82) is 0 Å². The first-order chi connectivity index (χ1) is 9.65. The highest BCUT2D eigenvalue weighted by molar-refractivity contribution is 7.98. The number of nitrogens with zero attached hydrogens (tertiary/aromatic N) is 5. The van der Waals surface area contributed by atoms with Crippen molar-refractivity contribution in [2.45, 2.75) is 24.8 Å². The highest BCUT2D eigenvalue weighted by atomic mass is 32.2. The van der Waals surface area contributed by atoms with E-state index < -0.39 is 0 Å². The summed E-state index contributed by atoms with van der Waals surface area (Å²) in [6.45, 7) is 3.61. The molecule has 8 nitrogen and oxygen atoms in total. The molecule has 0 aliphatic heterocycles. The fraction of sp³-hybridized carbons (Fsp3) is 0.273. The Balaban J connectivity index is 1.79. The van der Waals surface area contributed by atoms with Gasteiger partial charge in [-0.05, 0) is 19.9 Å². The van der Waals surface area contributed by atoms with E-state index in [1.54, 1.807) is 19.3 Å². The van der Waals surface area contributed by atoms with Gasteiger partial charge in [0.2, 0.25) is 11.0 Å². The minimum atomic E-state index is 0.487. The predicted molar refractivity (Wildman–Crippen MR) is 71.2 cm³/mol. The molecule has 3 heterocycles. The molecular weight excluding hydrogens is 280 g/mol. The van der Waals surface area contributed by atoms with Crippen LogP contribution >= 0.6 is 11.8 Å². The fourth-order valence-electron chi connectivity index (χ4n) is 1.70.